The molecule has 2 amide bonds. The number of rotatable bonds is 3. The van der Waals surface area contributed by atoms with Gasteiger partial charge in [0.15, 0.2) is 5.12 Å². The molecule has 29 heavy (non-hydrogen) atoms. The number of carbonyl (C=O) groups is 3. The summed E-state index contributed by atoms with van der Waals surface area (Å²) >= 11 is 1.32. The maximum Gasteiger partial charge on any atom is 0.410 e. The molecule has 0 radical (unpaired) electrons. The van der Waals surface area contributed by atoms with Crippen LogP contribution in [0.25, 0.3) is 0 Å². The first-order chi connectivity index (χ1) is 13.2. The van der Waals surface area contributed by atoms with E-state index in [1.807, 2.05) is 41.5 Å². The van der Waals surface area contributed by atoms with Crippen LogP contribution in [0.15, 0.2) is 0 Å². The lowest BCUT2D eigenvalue weighted by atomic mass is 10.0. The monoisotopic (exact) mass is 432 g/mol. The molecule has 2 aliphatic heterocycles. The van der Waals surface area contributed by atoms with Gasteiger partial charge in [-0.2, -0.15) is 0 Å². The van der Waals surface area contributed by atoms with E-state index in [-0.39, 0.29) is 29.8 Å². The molecule has 0 aromatic carbocycles. The molecule has 2 rings (SSSR count). The second-order valence-electron chi connectivity index (χ2n) is 9.49. The van der Waals surface area contributed by atoms with Gasteiger partial charge in [0.05, 0.1) is 0 Å². The van der Waals surface area contributed by atoms with Crippen LogP contribution in [0, 0.1) is 11.8 Å². The third kappa shape index (κ3) is 10.2. The molecule has 2 aliphatic rings. The smallest absolute Gasteiger partial charge is 0.410 e. The summed E-state index contributed by atoms with van der Waals surface area (Å²) < 4.78 is 10.4. The third-order valence-corrected chi connectivity index (χ3v) is 5.04. The van der Waals surface area contributed by atoms with E-state index in [1.54, 1.807) is 16.7 Å². The molecule has 168 valence electrons. The highest BCUT2D eigenvalue weighted by Crippen LogP contribution is 2.23. The van der Waals surface area contributed by atoms with E-state index in [4.69, 9.17) is 14.6 Å². The van der Waals surface area contributed by atoms with Crippen LogP contribution in [-0.4, -0.2) is 81.9 Å². The molecule has 0 spiro atoms. The van der Waals surface area contributed by atoms with Crippen LogP contribution < -0.4 is 0 Å². The third-order valence-electron chi connectivity index (χ3n) is 4.00. The molecule has 0 unspecified atom stereocenters. The highest BCUT2D eigenvalue weighted by Gasteiger charge is 2.34. The Balaban J connectivity index is 0.000000296. The number of aliphatic hydroxyl groups is 1. The first kappa shape index (κ1) is 25.6. The van der Waals surface area contributed by atoms with Gasteiger partial charge in [-0.1, -0.05) is 11.8 Å². The number of aliphatic hydroxyl groups excluding tert-OH is 1. The summed E-state index contributed by atoms with van der Waals surface area (Å²) in [5.74, 6) is 1.48. The van der Waals surface area contributed by atoms with Gasteiger partial charge in [-0.05, 0) is 41.5 Å². The van der Waals surface area contributed by atoms with E-state index in [1.165, 1.54) is 11.8 Å². The Hall–Kier alpha value is -1.48. The van der Waals surface area contributed by atoms with Crippen LogP contribution in [0.5, 0.6) is 0 Å². The highest BCUT2D eigenvalue weighted by molar-refractivity contribution is 8.13. The van der Waals surface area contributed by atoms with Crippen LogP contribution in [0.3, 0.4) is 0 Å². The van der Waals surface area contributed by atoms with E-state index in [0.29, 0.717) is 32.1 Å². The molecule has 0 aromatic rings. The average molecular weight is 433 g/mol. The predicted octanol–water partition coefficient (Wildman–Crippen LogP) is 2.98. The Morgan fingerprint density at radius 2 is 1.24 bits per heavy atom. The van der Waals surface area contributed by atoms with Gasteiger partial charge in [0.1, 0.15) is 11.2 Å². The van der Waals surface area contributed by atoms with Crippen LogP contribution >= 0.6 is 11.8 Å². The summed E-state index contributed by atoms with van der Waals surface area (Å²) in [6.07, 6.45) is -0.534. The van der Waals surface area contributed by atoms with Gasteiger partial charge >= 0.3 is 12.2 Å². The quantitative estimate of drug-likeness (QED) is 0.732. The summed E-state index contributed by atoms with van der Waals surface area (Å²) in [5.41, 5.74) is -0.863. The van der Waals surface area contributed by atoms with Crippen molar-refractivity contribution in [1.29, 1.82) is 0 Å². The summed E-state index contributed by atoms with van der Waals surface area (Å²) in [7, 11) is 0. The number of hydrogen-bond acceptors (Lipinski definition) is 7. The van der Waals surface area contributed by atoms with Gasteiger partial charge in [0, 0.05) is 57.3 Å². The van der Waals surface area contributed by atoms with E-state index < -0.39 is 11.2 Å². The van der Waals surface area contributed by atoms with Crippen LogP contribution in [-0.2, 0) is 14.3 Å². The van der Waals surface area contributed by atoms with Crippen LogP contribution in [0.1, 0.15) is 48.5 Å². The molecule has 2 heterocycles. The van der Waals surface area contributed by atoms with Gasteiger partial charge in [-0.15, -0.1) is 0 Å². The zero-order valence-corrected chi connectivity index (χ0v) is 19.5. The Morgan fingerprint density at radius 3 is 1.55 bits per heavy atom. The molecular formula is C20H36N2O6S. The summed E-state index contributed by atoms with van der Waals surface area (Å²) in [4.78, 5) is 36.9. The maximum atomic E-state index is 11.6. The Bertz CT molecular complexity index is 573. The fraction of sp³-hybridized carbons (Fsp3) is 0.850. The molecular weight excluding hydrogens is 396 g/mol. The standard InChI is InChI=1S/C11H19NO3S.C9H17NO3/c1-8(13)16-7-9-5-12(6-9)10(14)15-11(2,3)4;1-9(2,3)13-8(12)10-4-7(5-10)6-11/h9H,5-7H2,1-4H3;7,11H,4-6H2,1-3H3. The SMILES string of the molecule is CC(=O)SCC1CN(C(=O)OC(C)(C)C)C1.CC(C)(C)OC(=O)N1CC(CO)C1. The number of carbonyl (C=O) groups excluding carboxylic acids is 3. The molecule has 0 saturated carbocycles. The molecule has 8 nitrogen and oxygen atoms in total. The zero-order chi connectivity index (χ0) is 22.4. The van der Waals surface area contributed by atoms with Gasteiger partial charge in [0.25, 0.3) is 0 Å². The van der Waals surface area contributed by atoms with Gasteiger partial charge in [-0.3, -0.25) is 4.79 Å². The van der Waals surface area contributed by atoms with Crippen molar-refractivity contribution in [3.8, 4) is 0 Å². The fourth-order valence-corrected chi connectivity index (χ4v) is 3.23. The minimum atomic E-state index is -0.434. The van der Waals surface area contributed by atoms with Crippen molar-refractivity contribution >= 4 is 29.1 Å². The van der Waals surface area contributed by atoms with E-state index in [2.05, 4.69) is 0 Å². The fourth-order valence-electron chi connectivity index (χ4n) is 2.55. The van der Waals surface area contributed by atoms with Crippen molar-refractivity contribution in [1.82, 2.24) is 9.80 Å². The number of amides is 2. The van der Waals surface area contributed by atoms with Gasteiger partial charge < -0.3 is 24.4 Å². The maximum absolute atomic E-state index is 11.6. The lowest BCUT2D eigenvalue weighted by molar-refractivity contribution is -0.109. The van der Waals surface area contributed by atoms with Crippen molar-refractivity contribution in [3.63, 3.8) is 0 Å². The lowest BCUT2D eigenvalue weighted by Gasteiger charge is -2.39. The predicted molar refractivity (Wildman–Crippen MR) is 113 cm³/mol. The number of nitrogens with zero attached hydrogens (tertiary/aromatic N) is 2. The summed E-state index contributed by atoms with van der Waals surface area (Å²) in [6, 6.07) is 0. The minimum absolute atomic E-state index is 0.135. The number of likely N-dealkylation sites (tertiary alicyclic amines) is 2. The van der Waals surface area contributed by atoms with Crippen molar-refractivity contribution in [3.05, 3.63) is 0 Å². The normalized spacial score (nSPS) is 17.5. The molecule has 2 fully saturated rings. The van der Waals surface area contributed by atoms with E-state index in [9.17, 15) is 14.4 Å². The first-order valence-corrected chi connectivity index (χ1v) is 10.9. The topological polar surface area (TPSA) is 96.4 Å². The summed E-state index contributed by atoms with van der Waals surface area (Å²) in [5, 5.41) is 8.87. The number of thioether (sulfide) groups is 1. The second kappa shape index (κ2) is 10.5. The van der Waals surface area contributed by atoms with E-state index >= 15 is 0 Å². The van der Waals surface area contributed by atoms with Crippen molar-refractivity contribution in [2.24, 2.45) is 11.8 Å². The first-order valence-electron chi connectivity index (χ1n) is 9.90. The van der Waals surface area contributed by atoms with Gasteiger partial charge in [-0.25, -0.2) is 9.59 Å². The van der Waals surface area contributed by atoms with Crippen molar-refractivity contribution in [2.45, 2.75) is 59.7 Å². The number of hydrogen-bond donors (Lipinski definition) is 1. The molecule has 0 bridgehead atoms. The molecule has 9 heteroatoms. The second-order valence-corrected chi connectivity index (χ2v) is 10.7. The summed E-state index contributed by atoms with van der Waals surface area (Å²) in [6.45, 7) is 15.4. The molecule has 0 aromatic heterocycles. The largest absolute Gasteiger partial charge is 0.444 e. The lowest BCUT2D eigenvalue weighted by Crippen LogP contribution is -2.52. The molecule has 2 saturated heterocycles. The molecule has 0 atom stereocenters. The zero-order valence-electron chi connectivity index (χ0n) is 18.7. The average Bonchev–Trinajstić information content (AvgIpc) is 2.40. The van der Waals surface area contributed by atoms with Crippen LogP contribution in [0.4, 0.5) is 9.59 Å². The highest BCUT2D eigenvalue weighted by atomic mass is 32.2. The Kier molecular flexibility index (Phi) is 9.27. The Morgan fingerprint density at radius 1 is 0.862 bits per heavy atom. The van der Waals surface area contributed by atoms with Crippen molar-refractivity contribution in [2.75, 3.05) is 38.5 Å². The van der Waals surface area contributed by atoms with Crippen molar-refractivity contribution < 1.29 is 29.0 Å². The van der Waals surface area contributed by atoms with Gasteiger partial charge in [0.2, 0.25) is 0 Å². The molecule has 1 N–H and O–H groups in total. The minimum Gasteiger partial charge on any atom is -0.444 e. The Labute approximate surface area is 178 Å². The molecule has 0 aliphatic carbocycles. The number of ether oxygens (including phenoxy) is 2. The van der Waals surface area contributed by atoms with E-state index in [0.717, 1.165) is 5.75 Å². The van der Waals surface area contributed by atoms with Crippen LogP contribution in [0.2, 0.25) is 0 Å².